The van der Waals surface area contributed by atoms with E-state index in [1.54, 1.807) is 6.07 Å². The Morgan fingerprint density at radius 2 is 1.07 bits per heavy atom. The first-order valence-corrected chi connectivity index (χ1v) is 20.8. The van der Waals surface area contributed by atoms with Crippen molar-refractivity contribution in [2.24, 2.45) is 11.5 Å². The summed E-state index contributed by atoms with van der Waals surface area (Å²) in [6.45, 7) is 21.3. The van der Waals surface area contributed by atoms with Crippen LogP contribution in [0.2, 0.25) is 36.3 Å². The number of rotatable bonds is 6. The van der Waals surface area contributed by atoms with Crippen LogP contribution in [-0.2, 0) is 16.8 Å². The number of hydrogen-bond acceptors (Lipinski definition) is 4. The number of halogens is 7. The third-order valence-corrected chi connectivity index (χ3v) is 17.5. The van der Waals surface area contributed by atoms with Crippen molar-refractivity contribution >= 4 is 26.8 Å². The highest BCUT2D eigenvalue weighted by Crippen LogP contribution is 2.39. The van der Waals surface area contributed by atoms with Gasteiger partial charge in [-0.2, -0.15) is 37.4 Å². The minimum atomic E-state index is -4.37. The summed E-state index contributed by atoms with van der Waals surface area (Å²) >= 11 is 6.15. The van der Waals surface area contributed by atoms with Crippen LogP contribution in [0.25, 0.3) is 0 Å². The maximum atomic E-state index is 12.7. The summed E-state index contributed by atoms with van der Waals surface area (Å²) < 4.78 is 80.8. The van der Waals surface area contributed by atoms with Crippen molar-refractivity contribution in [1.82, 2.24) is 0 Å². The van der Waals surface area contributed by atoms with Crippen LogP contribution >= 0.6 is 11.1 Å². The number of nitrogens with two attached hydrogens (primary N) is 2. The van der Waals surface area contributed by atoms with Gasteiger partial charge >= 0.3 is 12.4 Å². The highest BCUT2D eigenvalue weighted by molar-refractivity contribution is 7.20. The topological polar surface area (TPSA) is 81.5 Å². The second-order valence-electron chi connectivity index (χ2n) is 13.4. The van der Waals surface area contributed by atoms with E-state index in [-0.39, 0.29) is 31.2 Å². The predicted octanol–water partition coefficient (Wildman–Crippen LogP) is 10.3. The van der Waals surface area contributed by atoms with E-state index < -0.39 is 51.3 Å². The van der Waals surface area contributed by atoms with Gasteiger partial charge in [-0.15, -0.1) is 0 Å². The quantitative estimate of drug-likeness (QED) is 0.160. The molecule has 2 atom stereocenters. The molecule has 2 rings (SSSR count). The van der Waals surface area contributed by atoms with Gasteiger partial charge < -0.3 is 21.0 Å². The van der Waals surface area contributed by atoms with Crippen LogP contribution < -0.4 is 11.5 Å². The Balaban J connectivity index is 0. The lowest BCUT2D eigenvalue weighted by Crippen LogP contribution is -2.42. The van der Waals surface area contributed by atoms with Gasteiger partial charge in [-0.25, -0.2) is 0 Å². The van der Waals surface area contributed by atoms with Crippen molar-refractivity contribution in [3.63, 3.8) is 0 Å². The molecule has 0 saturated carbocycles. The molecule has 0 bridgehead atoms. The van der Waals surface area contributed by atoms with E-state index in [9.17, 15) is 26.3 Å². The smallest absolute Gasteiger partial charge is 0.415 e. The maximum absolute atomic E-state index is 12.7. The Labute approximate surface area is 267 Å². The molecule has 0 amide bonds. The fourth-order valence-electron chi connectivity index (χ4n) is 2.61. The highest BCUT2D eigenvalue weighted by atomic mass is 35.6. The molecule has 0 radical (unpaired) electrons. The van der Waals surface area contributed by atoms with Crippen molar-refractivity contribution in [1.29, 1.82) is 0 Å². The van der Waals surface area contributed by atoms with E-state index in [2.05, 4.69) is 67.7 Å². The van der Waals surface area contributed by atoms with Crippen molar-refractivity contribution in [2.75, 3.05) is 13.2 Å². The minimum absolute atomic E-state index is 0. The van der Waals surface area contributed by atoms with Crippen LogP contribution in [0.3, 0.4) is 0 Å². The summed E-state index contributed by atoms with van der Waals surface area (Å²) in [7, 11) is -3.34. The van der Waals surface area contributed by atoms with Crippen LogP contribution in [-0.4, -0.2) is 34.0 Å². The molecule has 44 heavy (non-hydrogen) atoms. The molecule has 0 aliphatic heterocycles. The standard InChI is InChI=1S/C15H24F3NOSi.C9H10F3NO.C6H15ClSi.CH4/c1-14(2,3)21(4,5)20-10-13(19)11-7-6-8-12(9-11)15(16,17)18;10-9(11,12)7-3-1-2-6(4-7)8(13)5-14;1-6(2,3)8(4,5)7;/h6-9,13H,10,19H2,1-5H3;1-4,8,14H,5,13H2;1-5H3;1H4. The molecular formula is C31H53ClF6N2O2Si2. The molecule has 0 heterocycles. The van der Waals surface area contributed by atoms with Crippen LogP contribution in [0.1, 0.15) is 83.3 Å². The lowest BCUT2D eigenvalue weighted by atomic mass is 10.1. The van der Waals surface area contributed by atoms with Gasteiger partial charge in [-0.05, 0) is 58.6 Å². The summed E-state index contributed by atoms with van der Waals surface area (Å²) in [5.41, 5.74) is 10.7. The first kappa shape index (κ1) is 44.7. The van der Waals surface area contributed by atoms with E-state index in [0.29, 0.717) is 10.6 Å². The molecule has 2 aromatic rings. The van der Waals surface area contributed by atoms with Crippen molar-refractivity contribution in [3.05, 3.63) is 70.8 Å². The number of alkyl halides is 6. The van der Waals surface area contributed by atoms with Crippen molar-refractivity contribution in [2.45, 2.75) is 110 Å². The first-order chi connectivity index (χ1) is 19.0. The second-order valence-corrected chi connectivity index (χ2v) is 25.5. The predicted molar refractivity (Wildman–Crippen MR) is 177 cm³/mol. The zero-order valence-corrected chi connectivity index (χ0v) is 29.6. The molecular weight excluding hydrogens is 638 g/mol. The third-order valence-electron chi connectivity index (χ3n) is 7.69. The second kappa shape index (κ2) is 16.9. The average molecular weight is 691 g/mol. The molecule has 0 fully saturated rings. The Morgan fingerprint density at radius 3 is 1.34 bits per heavy atom. The molecule has 0 aliphatic rings. The lowest BCUT2D eigenvalue weighted by Gasteiger charge is -2.37. The average Bonchev–Trinajstić information content (AvgIpc) is 2.85. The normalized spacial score (nSPS) is 14.3. The van der Waals surface area contributed by atoms with Gasteiger partial charge in [0.25, 0.3) is 0 Å². The molecule has 0 spiro atoms. The molecule has 2 aromatic carbocycles. The zero-order chi connectivity index (χ0) is 34.2. The number of aliphatic hydroxyl groups excluding tert-OH is 1. The number of hydrogen-bond donors (Lipinski definition) is 3. The molecule has 5 N–H and O–H groups in total. The number of aliphatic hydroxyl groups is 1. The largest absolute Gasteiger partial charge is 0.416 e. The summed E-state index contributed by atoms with van der Waals surface area (Å²) in [5, 5.41) is 9.06. The Bertz CT molecular complexity index is 1110. The number of benzene rings is 2. The van der Waals surface area contributed by atoms with Gasteiger partial charge in [0, 0.05) is 0 Å². The van der Waals surface area contributed by atoms with E-state index in [1.165, 1.54) is 18.2 Å². The van der Waals surface area contributed by atoms with Crippen LogP contribution in [0, 0.1) is 0 Å². The van der Waals surface area contributed by atoms with Gasteiger partial charge in [0.05, 0.1) is 36.4 Å². The first-order valence-electron chi connectivity index (χ1n) is 13.8. The molecule has 13 heteroatoms. The molecule has 0 aromatic heterocycles. The van der Waals surface area contributed by atoms with E-state index in [1.807, 2.05) is 0 Å². The Kier molecular flexibility index (Phi) is 17.2. The van der Waals surface area contributed by atoms with Gasteiger partial charge in [0.15, 0.2) is 15.7 Å². The fourth-order valence-corrected chi connectivity index (χ4v) is 3.64. The van der Waals surface area contributed by atoms with E-state index in [0.717, 1.165) is 24.3 Å². The van der Waals surface area contributed by atoms with Crippen molar-refractivity contribution in [3.8, 4) is 0 Å². The molecule has 2 unspecified atom stereocenters. The van der Waals surface area contributed by atoms with Crippen LogP contribution in [0.15, 0.2) is 48.5 Å². The van der Waals surface area contributed by atoms with Gasteiger partial charge in [-0.3, -0.25) is 0 Å². The van der Waals surface area contributed by atoms with Crippen LogP contribution in [0.4, 0.5) is 26.3 Å². The Morgan fingerprint density at radius 1 is 0.727 bits per heavy atom. The third kappa shape index (κ3) is 15.2. The summed E-state index contributed by atoms with van der Waals surface area (Å²) in [4.78, 5) is 0. The van der Waals surface area contributed by atoms with E-state index in [4.69, 9.17) is 32.1 Å². The van der Waals surface area contributed by atoms with Crippen molar-refractivity contribution < 1.29 is 35.9 Å². The minimum Gasteiger partial charge on any atom is -0.415 e. The molecule has 0 saturated heterocycles. The fraction of sp³-hybridized carbons (Fsp3) is 0.613. The maximum Gasteiger partial charge on any atom is 0.416 e. The van der Waals surface area contributed by atoms with Gasteiger partial charge in [0.2, 0.25) is 0 Å². The van der Waals surface area contributed by atoms with E-state index >= 15 is 0 Å². The molecule has 4 nitrogen and oxygen atoms in total. The summed E-state index contributed by atoms with van der Waals surface area (Å²) in [5.74, 6) is 0. The SMILES string of the molecule is C.CC(C)(C)[Si](C)(C)Cl.CC(C)(C)[Si](C)(C)OCC(N)c1cccc(C(F)(F)F)c1.NC(CO)c1cccc(C(F)(F)F)c1. The Hall–Kier alpha value is -1.42. The zero-order valence-electron chi connectivity index (χ0n) is 26.8. The summed E-state index contributed by atoms with van der Waals surface area (Å²) in [6.07, 6.45) is -8.72. The van der Waals surface area contributed by atoms with Gasteiger partial charge in [0.1, 0.15) is 0 Å². The highest BCUT2D eigenvalue weighted by Gasteiger charge is 2.38. The molecule has 256 valence electrons. The molecule has 0 aliphatic carbocycles. The van der Waals surface area contributed by atoms with Crippen LogP contribution in [0.5, 0.6) is 0 Å². The van der Waals surface area contributed by atoms with Gasteiger partial charge in [-0.1, -0.05) is 86.3 Å². The summed E-state index contributed by atoms with van der Waals surface area (Å²) in [6, 6.07) is 8.45. The lowest BCUT2D eigenvalue weighted by molar-refractivity contribution is -0.138. The monoisotopic (exact) mass is 690 g/mol.